The highest BCUT2D eigenvalue weighted by Crippen LogP contribution is 2.31. The molecule has 2 aliphatic rings. The number of aromatic nitrogens is 2. The number of piperidine rings is 1. The molecule has 0 N–H and O–H groups in total. The van der Waals surface area contributed by atoms with Gasteiger partial charge >= 0.3 is 0 Å². The lowest BCUT2D eigenvalue weighted by molar-refractivity contribution is 0.153. The number of nitrogens with zero attached hydrogens (tertiary/aromatic N) is 4. The second kappa shape index (κ2) is 10.1. The fourth-order valence-corrected chi connectivity index (χ4v) is 4.72. The molecule has 2 aliphatic heterocycles. The first-order chi connectivity index (χ1) is 16.6. The molecule has 0 unspecified atom stereocenters. The zero-order valence-electron chi connectivity index (χ0n) is 19.5. The number of fused-ring (bicyclic) bond motifs is 2. The van der Waals surface area contributed by atoms with E-state index in [9.17, 15) is 4.79 Å². The molecule has 3 aromatic rings. The SMILES string of the molecule is [B]N(Cc1ccc2c(c1)OCCO2)C1CCN(CCn2c(=O)ccc3ccc(OC)nc32)CC1. The van der Waals surface area contributed by atoms with Gasteiger partial charge in [0, 0.05) is 43.2 Å². The van der Waals surface area contributed by atoms with Crippen LogP contribution in [0.15, 0.2) is 47.3 Å². The Balaban J connectivity index is 1.16. The first-order valence-corrected chi connectivity index (χ1v) is 11.8. The molecule has 0 spiro atoms. The molecule has 0 saturated carbocycles. The Labute approximate surface area is 200 Å². The standard InChI is InChI=1S/C25H29BN4O4/c1-32-23-6-3-19-4-7-24(31)29(25(19)27-23)13-12-28-10-8-20(9-11-28)30(26)17-18-2-5-21-22(16-18)34-15-14-33-21/h2-7,16,20H,8-15,17H2,1H3. The Morgan fingerprint density at radius 1 is 1.06 bits per heavy atom. The van der Waals surface area contributed by atoms with Crippen LogP contribution in [0.1, 0.15) is 18.4 Å². The monoisotopic (exact) mass is 460 g/mol. The van der Waals surface area contributed by atoms with E-state index in [4.69, 9.17) is 22.2 Å². The molecule has 9 heteroatoms. The molecule has 0 bridgehead atoms. The number of hydrogen-bond donors (Lipinski definition) is 0. The topological polar surface area (TPSA) is 69.1 Å². The van der Waals surface area contributed by atoms with Crippen LogP contribution < -0.4 is 19.8 Å². The van der Waals surface area contributed by atoms with Crippen LogP contribution in [0, 0.1) is 0 Å². The molecule has 0 aliphatic carbocycles. The summed E-state index contributed by atoms with van der Waals surface area (Å²) in [7, 11) is 8.04. The van der Waals surface area contributed by atoms with E-state index in [0.717, 1.165) is 54.9 Å². The minimum Gasteiger partial charge on any atom is -0.486 e. The molecule has 4 heterocycles. The Morgan fingerprint density at radius 3 is 2.62 bits per heavy atom. The van der Waals surface area contributed by atoms with Gasteiger partial charge in [0.25, 0.3) is 5.56 Å². The predicted octanol–water partition coefficient (Wildman–Crippen LogP) is 2.23. The maximum Gasteiger partial charge on any atom is 0.252 e. The molecule has 34 heavy (non-hydrogen) atoms. The average Bonchev–Trinajstić information content (AvgIpc) is 2.88. The largest absolute Gasteiger partial charge is 0.486 e. The predicted molar refractivity (Wildman–Crippen MR) is 131 cm³/mol. The Bertz CT molecular complexity index is 1210. The fourth-order valence-electron chi connectivity index (χ4n) is 4.72. The maximum atomic E-state index is 12.5. The van der Waals surface area contributed by atoms with Crippen molar-refractivity contribution in [2.75, 3.05) is 40.0 Å². The molecule has 1 aromatic carbocycles. The van der Waals surface area contributed by atoms with Gasteiger partial charge in [-0.05, 0) is 55.8 Å². The van der Waals surface area contributed by atoms with E-state index in [1.807, 2.05) is 41.2 Å². The number of methoxy groups -OCH3 is 1. The fraction of sp³-hybridized carbons (Fsp3) is 0.440. The summed E-state index contributed by atoms with van der Waals surface area (Å²) < 4.78 is 18.3. The normalized spacial score (nSPS) is 16.8. The summed E-state index contributed by atoms with van der Waals surface area (Å²) in [6, 6.07) is 13.5. The van der Waals surface area contributed by atoms with Crippen molar-refractivity contribution in [3.63, 3.8) is 0 Å². The lowest BCUT2D eigenvalue weighted by Gasteiger charge is -2.37. The van der Waals surface area contributed by atoms with Gasteiger partial charge < -0.3 is 23.9 Å². The summed E-state index contributed by atoms with van der Waals surface area (Å²) in [4.78, 5) is 21.4. The summed E-state index contributed by atoms with van der Waals surface area (Å²) in [5.41, 5.74) is 1.73. The van der Waals surface area contributed by atoms with Gasteiger partial charge in [-0.15, -0.1) is 0 Å². The molecule has 1 saturated heterocycles. The molecule has 0 atom stereocenters. The van der Waals surface area contributed by atoms with Crippen molar-refractivity contribution >= 4 is 19.0 Å². The van der Waals surface area contributed by atoms with Crippen molar-refractivity contribution < 1.29 is 14.2 Å². The highest BCUT2D eigenvalue weighted by atomic mass is 16.6. The van der Waals surface area contributed by atoms with Gasteiger partial charge in [0.15, 0.2) is 19.5 Å². The molecule has 2 radical (unpaired) electrons. The summed E-state index contributed by atoms with van der Waals surface area (Å²) in [5, 5.41) is 0.928. The van der Waals surface area contributed by atoms with E-state index in [1.165, 1.54) is 0 Å². The third-order valence-electron chi connectivity index (χ3n) is 6.65. The molecule has 0 amide bonds. The van der Waals surface area contributed by atoms with Crippen molar-refractivity contribution in [3.05, 3.63) is 58.4 Å². The van der Waals surface area contributed by atoms with Crippen molar-refractivity contribution in [1.29, 1.82) is 0 Å². The van der Waals surface area contributed by atoms with Crippen molar-refractivity contribution in [2.24, 2.45) is 0 Å². The lowest BCUT2D eigenvalue weighted by Crippen LogP contribution is -2.44. The van der Waals surface area contributed by atoms with E-state index in [2.05, 4.69) is 9.88 Å². The lowest BCUT2D eigenvalue weighted by atomic mass is 9.99. The molecule has 1 fully saturated rings. The zero-order valence-corrected chi connectivity index (χ0v) is 19.5. The van der Waals surface area contributed by atoms with Gasteiger partial charge in [-0.2, -0.15) is 4.98 Å². The second-order valence-electron chi connectivity index (χ2n) is 8.81. The van der Waals surface area contributed by atoms with Crippen LogP contribution in [-0.2, 0) is 13.1 Å². The number of hydrogen-bond acceptors (Lipinski definition) is 7. The van der Waals surface area contributed by atoms with Crippen LogP contribution in [0.5, 0.6) is 17.4 Å². The van der Waals surface area contributed by atoms with Gasteiger partial charge in [0.05, 0.1) is 7.11 Å². The highest BCUT2D eigenvalue weighted by Gasteiger charge is 2.23. The Hall–Kier alpha value is -3.04. The van der Waals surface area contributed by atoms with E-state index in [-0.39, 0.29) is 5.56 Å². The van der Waals surface area contributed by atoms with Crippen molar-refractivity contribution in [3.8, 4) is 17.4 Å². The minimum atomic E-state index is -0.0456. The molecular formula is C25H29BN4O4. The summed E-state index contributed by atoms with van der Waals surface area (Å²) in [6.45, 7) is 5.09. The smallest absolute Gasteiger partial charge is 0.252 e. The molecule has 5 rings (SSSR count). The van der Waals surface area contributed by atoms with E-state index in [0.29, 0.717) is 43.9 Å². The molecule has 8 nitrogen and oxygen atoms in total. The number of benzene rings is 1. The zero-order chi connectivity index (χ0) is 23.5. The maximum absolute atomic E-state index is 12.5. The van der Waals surface area contributed by atoms with Crippen LogP contribution in [0.25, 0.3) is 11.0 Å². The van der Waals surface area contributed by atoms with Crippen LogP contribution in [0.3, 0.4) is 0 Å². The van der Waals surface area contributed by atoms with Crippen LogP contribution in [0.2, 0.25) is 0 Å². The number of ether oxygens (including phenoxy) is 3. The first-order valence-electron chi connectivity index (χ1n) is 11.8. The quantitative estimate of drug-likeness (QED) is 0.501. The van der Waals surface area contributed by atoms with Crippen LogP contribution in [-0.4, -0.2) is 73.2 Å². The summed E-state index contributed by atoms with van der Waals surface area (Å²) in [5.74, 6) is 2.10. The van der Waals surface area contributed by atoms with Gasteiger partial charge in [-0.3, -0.25) is 9.36 Å². The van der Waals surface area contributed by atoms with Gasteiger partial charge in [-0.25, -0.2) is 0 Å². The second-order valence-corrected chi connectivity index (χ2v) is 8.81. The van der Waals surface area contributed by atoms with Gasteiger partial charge in [0.2, 0.25) is 5.88 Å². The van der Waals surface area contributed by atoms with Crippen molar-refractivity contribution in [2.45, 2.75) is 32.0 Å². The Morgan fingerprint density at radius 2 is 1.82 bits per heavy atom. The Kier molecular flexibility index (Phi) is 6.74. The minimum absolute atomic E-state index is 0.0456. The molecule has 176 valence electrons. The molecule has 2 aromatic heterocycles. The van der Waals surface area contributed by atoms with E-state index < -0.39 is 0 Å². The van der Waals surface area contributed by atoms with Crippen LogP contribution in [0.4, 0.5) is 0 Å². The van der Waals surface area contributed by atoms with Gasteiger partial charge in [-0.1, -0.05) is 6.07 Å². The van der Waals surface area contributed by atoms with Crippen molar-refractivity contribution in [1.82, 2.24) is 19.3 Å². The van der Waals surface area contributed by atoms with E-state index in [1.54, 1.807) is 17.7 Å². The van der Waals surface area contributed by atoms with Crippen LogP contribution >= 0.6 is 0 Å². The summed E-state index contributed by atoms with van der Waals surface area (Å²) in [6.07, 6.45) is 1.97. The third kappa shape index (κ3) is 4.90. The first kappa shape index (κ1) is 22.7. The number of rotatable bonds is 7. The highest BCUT2D eigenvalue weighted by molar-refractivity contribution is 6.04. The molecular weight excluding hydrogens is 431 g/mol. The average molecular weight is 460 g/mol. The van der Waals surface area contributed by atoms with E-state index >= 15 is 0 Å². The number of likely N-dealkylation sites (tertiary alicyclic amines) is 1. The van der Waals surface area contributed by atoms with Gasteiger partial charge in [0.1, 0.15) is 18.9 Å². The number of pyridine rings is 2. The third-order valence-corrected chi connectivity index (χ3v) is 6.65. The summed E-state index contributed by atoms with van der Waals surface area (Å²) >= 11 is 0.